The molecule has 3 N–H and O–H groups in total. The Bertz CT molecular complexity index is 633. The van der Waals surface area contributed by atoms with Gasteiger partial charge in [0.05, 0.1) is 5.69 Å². The Morgan fingerprint density at radius 3 is 2.53 bits per heavy atom. The fourth-order valence-electron chi connectivity index (χ4n) is 1.53. The zero-order chi connectivity index (χ0) is 14.2. The Balaban J connectivity index is 2.55. The van der Waals surface area contributed by atoms with Gasteiger partial charge in [0, 0.05) is 16.2 Å². The molecule has 4 nitrogen and oxygen atoms in total. The van der Waals surface area contributed by atoms with Crippen molar-refractivity contribution in [2.45, 2.75) is 6.18 Å². The van der Waals surface area contributed by atoms with E-state index in [-0.39, 0.29) is 5.84 Å². The first-order valence-electron chi connectivity index (χ1n) is 5.06. The lowest BCUT2D eigenvalue weighted by atomic mass is 10.1. The van der Waals surface area contributed by atoms with Crippen molar-refractivity contribution >= 4 is 21.8 Å². The lowest BCUT2D eigenvalue weighted by Crippen LogP contribution is -2.15. The topological polar surface area (TPSA) is 67.7 Å². The summed E-state index contributed by atoms with van der Waals surface area (Å²) >= 11 is 3.21. The number of nitrogens with zero attached hydrogens (tertiary/aromatic N) is 2. The van der Waals surface area contributed by atoms with Crippen molar-refractivity contribution < 1.29 is 13.2 Å². The molecule has 2 rings (SSSR count). The maximum atomic E-state index is 12.5. The van der Waals surface area contributed by atoms with Crippen LogP contribution in [0.2, 0.25) is 0 Å². The van der Waals surface area contributed by atoms with E-state index in [1.807, 2.05) is 0 Å². The molecule has 0 atom stereocenters. The van der Waals surface area contributed by atoms with Crippen LogP contribution in [-0.4, -0.2) is 15.6 Å². The van der Waals surface area contributed by atoms with Crippen LogP contribution in [0.3, 0.4) is 0 Å². The first-order chi connectivity index (χ1) is 8.79. The molecular weight excluding hydrogens is 325 g/mol. The van der Waals surface area contributed by atoms with Crippen molar-refractivity contribution in [1.82, 2.24) is 9.78 Å². The largest absolute Gasteiger partial charge is 0.435 e. The summed E-state index contributed by atoms with van der Waals surface area (Å²) in [5.74, 6) is -0.244. The molecule has 1 aromatic heterocycles. The number of alkyl halides is 3. The maximum absolute atomic E-state index is 12.5. The lowest BCUT2D eigenvalue weighted by Gasteiger charge is -2.09. The highest BCUT2D eigenvalue weighted by Gasteiger charge is 2.33. The Labute approximate surface area is 114 Å². The van der Waals surface area contributed by atoms with Crippen molar-refractivity contribution in [2.75, 3.05) is 0 Å². The van der Waals surface area contributed by atoms with E-state index in [1.165, 1.54) is 12.3 Å². The molecule has 8 heteroatoms. The summed E-state index contributed by atoms with van der Waals surface area (Å²) in [6.07, 6.45) is -3.33. The smallest absolute Gasteiger partial charge is 0.384 e. The quantitative estimate of drug-likeness (QED) is 0.655. The van der Waals surface area contributed by atoms with Crippen LogP contribution in [0.15, 0.2) is 34.9 Å². The minimum absolute atomic E-state index is 0.244. The Hall–Kier alpha value is -1.83. The number of amidine groups is 1. The van der Waals surface area contributed by atoms with Crippen molar-refractivity contribution in [3.63, 3.8) is 0 Å². The molecule has 2 aromatic rings. The third kappa shape index (κ3) is 2.78. The first kappa shape index (κ1) is 13.6. The number of hydrogen-bond acceptors (Lipinski definition) is 2. The summed E-state index contributed by atoms with van der Waals surface area (Å²) in [4.78, 5) is 0. The van der Waals surface area contributed by atoms with Gasteiger partial charge in [0.15, 0.2) is 5.69 Å². The number of nitrogen functional groups attached to an aromatic ring is 1. The van der Waals surface area contributed by atoms with Crippen molar-refractivity contribution in [3.8, 4) is 5.69 Å². The van der Waals surface area contributed by atoms with Crippen LogP contribution in [0, 0.1) is 5.41 Å². The van der Waals surface area contributed by atoms with Gasteiger partial charge in [0.25, 0.3) is 0 Å². The summed E-state index contributed by atoms with van der Waals surface area (Å²) in [7, 11) is 0. The molecule has 0 aliphatic carbocycles. The first-order valence-corrected chi connectivity index (χ1v) is 5.85. The molecule has 1 heterocycles. The summed E-state index contributed by atoms with van der Waals surface area (Å²) in [5, 5.41) is 10.9. The summed E-state index contributed by atoms with van der Waals surface area (Å²) in [6, 6.07) is 5.60. The fourth-order valence-corrected chi connectivity index (χ4v) is 1.88. The number of halogens is 4. The number of aromatic nitrogens is 2. The molecule has 0 radical (unpaired) electrons. The van der Waals surface area contributed by atoms with Gasteiger partial charge < -0.3 is 5.73 Å². The molecule has 0 aliphatic rings. The van der Waals surface area contributed by atoms with Crippen LogP contribution < -0.4 is 5.73 Å². The molecule has 0 unspecified atom stereocenters. The van der Waals surface area contributed by atoms with Crippen LogP contribution >= 0.6 is 15.9 Å². The molecule has 19 heavy (non-hydrogen) atoms. The predicted molar refractivity (Wildman–Crippen MR) is 67.3 cm³/mol. The zero-order valence-corrected chi connectivity index (χ0v) is 11.0. The fraction of sp³-hybridized carbons (Fsp3) is 0.0909. The Kier molecular flexibility index (Phi) is 3.36. The zero-order valence-electron chi connectivity index (χ0n) is 9.37. The highest BCUT2D eigenvalue weighted by molar-refractivity contribution is 9.10. The predicted octanol–water partition coefficient (Wildman–Crippen LogP) is 2.94. The van der Waals surface area contributed by atoms with Gasteiger partial charge in [-0.1, -0.05) is 15.9 Å². The molecule has 0 saturated carbocycles. The Morgan fingerprint density at radius 1 is 1.32 bits per heavy atom. The van der Waals surface area contributed by atoms with Crippen molar-refractivity contribution in [2.24, 2.45) is 5.73 Å². The highest BCUT2D eigenvalue weighted by atomic mass is 79.9. The van der Waals surface area contributed by atoms with Gasteiger partial charge in [-0.15, -0.1) is 0 Å². The normalized spacial score (nSPS) is 11.6. The molecule has 1 aromatic carbocycles. The maximum Gasteiger partial charge on any atom is 0.435 e. The number of hydrogen-bond donors (Lipinski definition) is 2. The van der Waals surface area contributed by atoms with E-state index < -0.39 is 11.9 Å². The van der Waals surface area contributed by atoms with E-state index in [4.69, 9.17) is 11.1 Å². The second kappa shape index (κ2) is 4.69. The summed E-state index contributed by atoms with van der Waals surface area (Å²) < 4.78 is 39.2. The van der Waals surface area contributed by atoms with Crippen LogP contribution in [0.25, 0.3) is 5.69 Å². The molecule has 0 amide bonds. The number of nitrogens with one attached hydrogen (secondary N) is 1. The van der Waals surface area contributed by atoms with Crippen molar-refractivity contribution in [3.05, 3.63) is 46.2 Å². The highest BCUT2D eigenvalue weighted by Crippen LogP contribution is 2.28. The van der Waals surface area contributed by atoms with E-state index in [2.05, 4.69) is 21.0 Å². The minimum atomic E-state index is -4.51. The van der Waals surface area contributed by atoms with E-state index in [9.17, 15) is 13.2 Å². The summed E-state index contributed by atoms with van der Waals surface area (Å²) in [5.41, 5.74) is 5.01. The van der Waals surface area contributed by atoms with Gasteiger partial charge in [-0.3, -0.25) is 5.41 Å². The van der Waals surface area contributed by atoms with Crippen LogP contribution in [0.5, 0.6) is 0 Å². The van der Waals surface area contributed by atoms with E-state index in [0.717, 1.165) is 10.7 Å². The van der Waals surface area contributed by atoms with Crippen LogP contribution in [-0.2, 0) is 6.18 Å². The molecule has 0 bridgehead atoms. The van der Waals surface area contributed by atoms with Gasteiger partial charge in [0.1, 0.15) is 5.84 Å². The number of rotatable bonds is 2. The van der Waals surface area contributed by atoms with Crippen molar-refractivity contribution in [1.29, 1.82) is 5.41 Å². The molecule has 0 aliphatic heterocycles. The Morgan fingerprint density at radius 2 is 2.00 bits per heavy atom. The van der Waals surface area contributed by atoms with Gasteiger partial charge in [-0.2, -0.15) is 18.3 Å². The standard InChI is InChI=1S/C11H8BrF3N4/c12-6-1-2-7(10(16)17)8(5-6)19-4-3-9(18-19)11(13,14)15/h1-5H,(H3,16,17). The van der Waals surface area contributed by atoms with Gasteiger partial charge in [-0.05, 0) is 24.3 Å². The number of benzene rings is 1. The SMILES string of the molecule is N=C(N)c1ccc(Br)cc1-n1ccc(C(F)(F)F)n1. The average Bonchev–Trinajstić information content (AvgIpc) is 2.77. The third-order valence-corrected chi connectivity index (χ3v) is 2.87. The molecule has 0 fully saturated rings. The van der Waals surface area contributed by atoms with E-state index in [1.54, 1.807) is 12.1 Å². The summed E-state index contributed by atoms with van der Waals surface area (Å²) in [6.45, 7) is 0. The van der Waals surface area contributed by atoms with Gasteiger partial charge >= 0.3 is 6.18 Å². The van der Waals surface area contributed by atoms with Crippen LogP contribution in [0.1, 0.15) is 11.3 Å². The molecule has 100 valence electrons. The van der Waals surface area contributed by atoms with Crippen LogP contribution in [0.4, 0.5) is 13.2 Å². The lowest BCUT2D eigenvalue weighted by molar-refractivity contribution is -0.141. The number of nitrogens with two attached hydrogens (primary N) is 1. The average molecular weight is 333 g/mol. The minimum Gasteiger partial charge on any atom is -0.384 e. The van der Waals surface area contributed by atoms with E-state index >= 15 is 0 Å². The molecular formula is C11H8BrF3N4. The monoisotopic (exact) mass is 332 g/mol. The van der Waals surface area contributed by atoms with E-state index in [0.29, 0.717) is 15.7 Å². The second-order valence-corrected chi connectivity index (χ2v) is 4.63. The third-order valence-electron chi connectivity index (χ3n) is 2.38. The van der Waals surface area contributed by atoms with Gasteiger partial charge in [-0.25, -0.2) is 4.68 Å². The second-order valence-electron chi connectivity index (χ2n) is 3.72. The molecule has 0 spiro atoms. The van der Waals surface area contributed by atoms with Gasteiger partial charge in [0.2, 0.25) is 0 Å². The molecule has 0 saturated heterocycles.